The Morgan fingerprint density at radius 1 is 1.26 bits per heavy atom. The number of carbonyl (C=O) groups excluding carboxylic acids is 1. The molecule has 1 saturated heterocycles. The number of allylic oxidation sites excluding steroid dienone is 2. The molecule has 2 aromatic rings. The van der Waals surface area contributed by atoms with E-state index in [2.05, 4.69) is 21.8 Å². The van der Waals surface area contributed by atoms with Gasteiger partial charge < -0.3 is 9.80 Å². The van der Waals surface area contributed by atoms with Crippen LogP contribution in [0, 0.1) is 11.7 Å². The molecule has 1 aliphatic heterocycles. The van der Waals surface area contributed by atoms with Crippen LogP contribution in [0.5, 0.6) is 0 Å². The molecule has 1 amide bonds. The van der Waals surface area contributed by atoms with Gasteiger partial charge in [-0.25, -0.2) is 9.38 Å². The Balaban J connectivity index is 1.58. The van der Waals surface area contributed by atoms with E-state index in [1.54, 1.807) is 29.8 Å². The van der Waals surface area contributed by atoms with E-state index in [0.29, 0.717) is 12.4 Å². The molecule has 1 aliphatic carbocycles. The van der Waals surface area contributed by atoms with Crippen molar-refractivity contribution in [2.75, 3.05) is 13.6 Å². The minimum absolute atomic E-state index is 0.0165. The Kier molecular flexibility index (Phi) is 6.28. The lowest BCUT2D eigenvalue weighted by Gasteiger charge is -2.39. The fourth-order valence-electron chi connectivity index (χ4n) is 4.75. The standard InChI is InChI=1S/C23H24F4N6O/c1-4-16(23(25,26)27)12-28-14(2)31(3)19-10-15-11-20(19)32(13-15)22(34)17-6-5-7-18(24)21(17)33-29-8-9-30-33/h4-9,12,15,19-20H,1,10-11,13H2,2-3H3/b16-12+,28-14?. The molecule has 4 rings (SSSR count). The normalized spacial score (nSPS) is 22.9. The van der Waals surface area contributed by atoms with Crippen molar-refractivity contribution in [3.05, 3.63) is 66.4 Å². The number of alkyl halides is 3. The highest BCUT2D eigenvalue weighted by Gasteiger charge is 2.49. The Hall–Kier alpha value is -3.50. The highest BCUT2D eigenvalue weighted by atomic mass is 19.4. The lowest BCUT2D eigenvalue weighted by molar-refractivity contribution is -0.0883. The van der Waals surface area contributed by atoms with E-state index in [-0.39, 0.29) is 35.2 Å². The molecule has 2 aliphatic rings. The highest BCUT2D eigenvalue weighted by molar-refractivity contribution is 5.98. The van der Waals surface area contributed by atoms with Crippen LogP contribution in [0.25, 0.3) is 5.69 Å². The third-order valence-electron chi connectivity index (χ3n) is 6.49. The summed E-state index contributed by atoms with van der Waals surface area (Å²) in [7, 11) is 1.75. The van der Waals surface area contributed by atoms with Crippen LogP contribution in [0.2, 0.25) is 0 Å². The van der Waals surface area contributed by atoms with E-state index in [9.17, 15) is 22.4 Å². The molecule has 0 spiro atoms. The first-order valence-electron chi connectivity index (χ1n) is 10.7. The Morgan fingerprint density at radius 2 is 1.97 bits per heavy atom. The van der Waals surface area contributed by atoms with Crippen LogP contribution >= 0.6 is 0 Å². The molecular formula is C23H24F4N6O. The Morgan fingerprint density at radius 3 is 2.59 bits per heavy atom. The molecule has 34 heavy (non-hydrogen) atoms. The first-order chi connectivity index (χ1) is 16.1. The van der Waals surface area contributed by atoms with Gasteiger partial charge in [0.2, 0.25) is 0 Å². The molecule has 2 heterocycles. The number of carbonyl (C=O) groups is 1. The molecule has 1 aromatic carbocycles. The van der Waals surface area contributed by atoms with Crippen molar-refractivity contribution >= 4 is 11.7 Å². The maximum atomic E-state index is 14.6. The Bertz CT molecular complexity index is 1140. The maximum Gasteiger partial charge on any atom is 0.417 e. The number of aliphatic imine (C=N–C) groups is 1. The predicted molar refractivity (Wildman–Crippen MR) is 118 cm³/mol. The van der Waals surface area contributed by atoms with Gasteiger partial charge in [-0.05, 0) is 37.8 Å². The summed E-state index contributed by atoms with van der Waals surface area (Å²) in [6.07, 6.45) is 1.28. The molecular weight excluding hydrogens is 452 g/mol. The molecule has 1 saturated carbocycles. The molecule has 180 valence electrons. The topological polar surface area (TPSA) is 66.6 Å². The van der Waals surface area contributed by atoms with Crippen LogP contribution in [0.3, 0.4) is 0 Å². The molecule has 0 radical (unpaired) electrons. The second-order valence-electron chi connectivity index (χ2n) is 8.46. The van der Waals surface area contributed by atoms with E-state index in [1.807, 2.05) is 0 Å². The average molecular weight is 476 g/mol. The fraction of sp³-hybridized carbons (Fsp3) is 0.391. The number of benzene rings is 1. The fourth-order valence-corrected chi connectivity index (χ4v) is 4.75. The number of amidine groups is 1. The summed E-state index contributed by atoms with van der Waals surface area (Å²) in [5.74, 6) is -0.320. The summed E-state index contributed by atoms with van der Waals surface area (Å²) in [6, 6.07) is 3.94. The number of nitrogens with zero attached hydrogens (tertiary/aromatic N) is 6. The second kappa shape index (κ2) is 9.03. The number of fused-ring (bicyclic) bond motifs is 2. The SMILES string of the molecule is C=C/C(=C\N=C(C)N(C)C1CC2CC1N(C(=O)c1cccc(F)c1-n1nccn1)C2)C(F)(F)F. The third kappa shape index (κ3) is 4.34. The summed E-state index contributed by atoms with van der Waals surface area (Å²) in [5, 5.41) is 7.94. The molecule has 2 fully saturated rings. The zero-order valence-electron chi connectivity index (χ0n) is 18.7. The summed E-state index contributed by atoms with van der Waals surface area (Å²) >= 11 is 0. The number of halogens is 4. The summed E-state index contributed by atoms with van der Waals surface area (Å²) in [6.45, 7) is 5.35. The van der Waals surface area contributed by atoms with Crippen molar-refractivity contribution < 1.29 is 22.4 Å². The van der Waals surface area contributed by atoms with Gasteiger partial charge in [-0.1, -0.05) is 18.7 Å². The number of amides is 1. The van der Waals surface area contributed by atoms with E-state index < -0.39 is 17.6 Å². The van der Waals surface area contributed by atoms with Gasteiger partial charge >= 0.3 is 6.18 Å². The van der Waals surface area contributed by atoms with Crippen molar-refractivity contribution in [2.24, 2.45) is 10.9 Å². The number of likely N-dealkylation sites (tertiary alicyclic amines) is 1. The van der Waals surface area contributed by atoms with Gasteiger partial charge in [0.25, 0.3) is 5.91 Å². The van der Waals surface area contributed by atoms with Crippen molar-refractivity contribution in [2.45, 2.75) is 38.0 Å². The lowest BCUT2D eigenvalue weighted by Crippen LogP contribution is -2.52. The number of aromatic nitrogens is 3. The summed E-state index contributed by atoms with van der Waals surface area (Å²) in [5.41, 5.74) is -0.799. The van der Waals surface area contributed by atoms with Crippen LogP contribution < -0.4 is 0 Å². The van der Waals surface area contributed by atoms with Crippen LogP contribution in [-0.2, 0) is 0 Å². The number of hydrogen-bond donors (Lipinski definition) is 0. The van der Waals surface area contributed by atoms with Crippen molar-refractivity contribution in [3.8, 4) is 5.69 Å². The molecule has 0 N–H and O–H groups in total. The van der Waals surface area contributed by atoms with Crippen LogP contribution in [0.1, 0.15) is 30.1 Å². The molecule has 1 aromatic heterocycles. The lowest BCUT2D eigenvalue weighted by atomic mass is 10.0. The van der Waals surface area contributed by atoms with Crippen molar-refractivity contribution in [3.63, 3.8) is 0 Å². The summed E-state index contributed by atoms with van der Waals surface area (Å²) in [4.78, 5) is 22.1. The molecule has 3 unspecified atom stereocenters. The van der Waals surface area contributed by atoms with Crippen molar-refractivity contribution in [1.82, 2.24) is 24.8 Å². The molecule has 2 bridgehead atoms. The van der Waals surface area contributed by atoms with Gasteiger partial charge in [0, 0.05) is 19.8 Å². The zero-order chi connectivity index (χ0) is 24.6. The van der Waals surface area contributed by atoms with Gasteiger partial charge in [0.1, 0.15) is 11.5 Å². The minimum Gasteiger partial charge on any atom is -0.358 e. The third-order valence-corrected chi connectivity index (χ3v) is 6.49. The number of likely N-dealkylation sites (N-methyl/N-ethyl adjacent to an activating group) is 1. The van der Waals surface area contributed by atoms with E-state index in [0.717, 1.165) is 29.9 Å². The highest BCUT2D eigenvalue weighted by Crippen LogP contribution is 2.41. The van der Waals surface area contributed by atoms with Gasteiger partial charge in [0.15, 0.2) is 5.82 Å². The molecule has 11 heteroatoms. The number of piperidine rings is 1. The summed E-state index contributed by atoms with van der Waals surface area (Å²) < 4.78 is 53.5. The van der Waals surface area contributed by atoms with Gasteiger partial charge in [-0.3, -0.25) is 4.79 Å². The Labute approximate surface area is 194 Å². The van der Waals surface area contributed by atoms with Gasteiger partial charge in [-0.15, -0.1) is 4.80 Å². The van der Waals surface area contributed by atoms with E-state index >= 15 is 0 Å². The average Bonchev–Trinajstić information content (AvgIpc) is 3.54. The quantitative estimate of drug-likeness (QED) is 0.283. The van der Waals surface area contributed by atoms with E-state index in [4.69, 9.17) is 0 Å². The molecule has 7 nitrogen and oxygen atoms in total. The van der Waals surface area contributed by atoms with Gasteiger partial charge in [-0.2, -0.15) is 23.4 Å². The van der Waals surface area contributed by atoms with Crippen molar-refractivity contribution in [1.29, 1.82) is 0 Å². The van der Waals surface area contributed by atoms with Gasteiger partial charge in [0.05, 0.1) is 35.6 Å². The number of hydrogen-bond acceptors (Lipinski definition) is 4. The smallest absolute Gasteiger partial charge is 0.358 e. The first-order valence-corrected chi connectivity index (χ1v) is 10.7. The largest absolute Gasteiger partial charge is 0.417 e. The van der Waals surface area contributed by atoms with Crippen LogP contribution in [0.15, 0.2) is 60.0 Å². The molecule has 3 atom stereocenters. The monoisotopic (exact) mass is 476 g/mol. The van der Waals surface area contributed by atoms with Crippen LogP contribution in [0.4, 0.5) is 17.6 Å². The number of para-hydroxylation sites is 1. The van der Waals surface area contributed by atoms with E-state index in [1.165, 1.54) is 24.5 Å². The second-order valence-corrected chi connectivity index (χ2v) is 8.46. The zero-order valence-corrected chi connectivity index (χ0v) is 18.7. The minimum atomic E-state index is -4.54. The van der Waals surface area contributed by atoms with Crippen LogP contribution in [-0.4, -0.2) is 68.4 Å². The maximum absolute atomic E-state index is 14.6. The first kappa shape index (κ1) is 23.7. The predicted octanol–water partition coefficient (Wildman–Crippen LogP) is 3.99. The number of rotatable bonds is 5.